The zero-order valence-electron chi connectivity index (χ0n) is 17.6. The number of nitrogens with zero attached hydrogens (tertiary/aromatic N) is 1. The highest BCUT2D eigenvalue weighted by atomic mass is 32.1. The first kappa shape index (κ1) is 20.9. The average molecular weight is 432 g/mol. The lowest BCUT2D eigenvalue weighted by atomic mass is 10.1. The number of ether oxygens (including phenoxy) is 1. The van der Waals surface area contributed by atoms with Gasteiger partial charge < -0.3 is 15.4 Å². The summed E-state index contributed by atoms with van der Waals surface area (Å²) < 4.78 is 6.37. The molecule has 5 nitrogen and oxygen atoms in total. The van der Waals surface area contributed by atoms with E-state index in [9.17, 15) is 4.79 Å². The third kappa shape index (κ3) is 5.41. The Morgan fingerprint density at radius 2 is 1.71 bits per heavy atom. The molecule has 4 rings (SSSR count). The Bertz CT molecular complexity index is 1120. The predicted molar refractivity (Wildman–Crippen MR) is 127 cm³/mol. The molecule has 0 spiro atoms. The van der Waals surface area contributed by atoms with Crippen LogP contribution in [-0.2, 0) is 17.8 Å². The van der Waals surface area contributed by atoms with Crippen LogP contribution in [0.3, 0.4) is 0 Å². The summed E-state index contributed by atoms with van der Waals surface area (Å²) in [5.41, 5.74) is 4.19. The Balaban J connectivity index is 1.29. The molecule has 0 aliphatic rings. The third-order valence-electron chi connectivity index (χ3n) is 5.05. The minimum Gasteiger partial charge on any atom is -0.497 e. The Morgan fingerprint density at radius 3 is 2.42 bits per heavy atom. The maximum atomic E-state index is 12.4. The van der Waals surface area contributed by atoms with Gasteiger partial charge in [0.15, 0.2) is 0 Å². The molecule has 0 aliphatic heterocycles. The number of thiazole rings is 1. The van der Waals surface area contributed by atoms with E-state index in [0.717, 1.165) is 33.9 Å². The molecule has 2 N–H and O–H groups in total. The summed E-state index contributed by atoms with van der Waals surface area (Å²) in [6, 6.07) is 23.7. The zero-order valence-corrected chi connectivity index (χ0v) is 18.4. The largest absolute Gasteiger partial charge is 0.497 e. The smallest absolute Gasteiger partial charge is 0.242 e. The molecule has 0 saturated carbocycles. The van der Waals surface area contributed by atoms with Crippen molar-refractivity contribution >= 4 is 33.1 Å². The van der Waals surface area contributed by atoms with E-state index >= 15 is 0 Å². The van der Waals surface area contributed by atoms with Crippen molar-refractivity contribution < 1.29 is 9.53 Å². The minimum absolute atomic E-state index is 0.0469. The SMILES string of the molecule is COc1ccc(CNC(=O)C(C)Nc2ccc(Cc3nc4ccccc4s3)cc2)cc1. The van der Waals surface area contributed by atoms with Crippen molar-refractivity contribution in [1.29, 1.82) is 0 Å². The van der Waals surface area contributed by atoms with Crippen molar-refractivity contribution in [2.45, 2.75) is 25.9 Å². The highest BCUT2D eigenvalue weighted by molar-refractivity contribution is 7.18. The van der Waals surface area contributed by atoms with Crippen LogP contribution in [0.5, 0.6) is 5.75 Å². The number of carbonyl (C=O) groups excluding carboxylic acids is 1. The number of nitrogens with one attached hydrogen (secondary N) is 2. The van der Waals surface area contributed by atoms with Gasteiger partial charge in [0, 0.05) is 18.7 Å². The fourth-order valence-electron chi connectivity index (χ4n) is 3.29. The molecule has 158 valence electrons. The standard InChI is InChI=1S/C25H25N3O2S/c1-17(25(29)26-16-19-9-13-21(30-2)14-10-19)27-20-11-7-18(8-12-20)15-24-28-22-5-3-4-6-23(22)31-24/h3-14,17,27H,15-16H2,1-2H3,(H,26,29). The highest BCUT2D eigenvalue weighted by Crippen LogP contribution is 2.24. The number of fused-ring (bicyclic) bond motifs is 1. The second-order valence-corrected chi connectivity index (χ2v) is 8.50. The Labute approximate surface area is 186 Å². The summed E-state index contributed by atoms with van der Waals surface area (Å²) in [6.07, 6.45) is 0.803. The molecule has 3 aromatic carbocycles. The maximum absolute atomic E-state index is 12.4. The zero-order chi connectivity index (χ0) is 21.6. The topological polar surface area (TPSA) is 63.2 Å². The molecule has 1 aromatic heterocycles. The van der Waals surface area contributed by atoms with E-state index in [1.807, 2.05) is 61.5 Å². The summed E-state index contributed by atoms with van der Waals surface area (Å²) in [7, 11) is 1.64. The molecule has 6 heteroatoms. The number of benzene rings is 3. The molecule has 0 fully saturated rings. The highest BCUT2D eigenvalue weighted by Gasteiger charge is 2.12. The molecule has 31 heavy (non-hydrogen) atoms. The van der Waals surface area contributed by atoms with Gasteiger partial charge in [0.25, 0.3) is 0 Å². The first-order chi connectivity index (χ1) is 15.1. The van der Waals surface area contributed by atoms with Crippen LogP contribution in [0.2, 0.25) is 0 Å². The van der Waals surface area contributed by atoms with E-state index in [-0.39, 0.29) is 11.9 Å². The molecule has 0 radical (unpaired) electrons. The fraction of sp³-hybridized carbons (Fsp3) is 0.200. The first-order valence-corrected chi connectivity index (χ1v) is 11.0. The quantitative estimate of drug-likeness (QED) is 0.412. The van der Waals surface area contributed by atoms with Gasteiger partial charge in [-0.2, -0.15) is 0 Å². The van der Waals surface area contributed by atoms with E-state index in [2.05, 4.69) is 28.8 Å². The second-order valence-electron chi connectivity index (χ2n) is 7.38. The van der Waals surface area contributed by atoms with Crippen molar-refractivity contribution in [3.63, 3.8) is 0 Å². The van der Waals surface area contributed by atoms with Crippen LogP contribution in [-0.4, -0.2) is 24.0 Å². The van der Waals surface area contributed by atoms with Gasteiger partial charge in [-0.25, -0.2) is 4.98 Å². The Kier molecular flexibility index (Phi) is 6.48. The van der Waals surface area contributed by atoms with Crippen LogP contribution in [0.1, 0.15) is 23.1 Å². The second kappa shape index (κ2) is 9.62. The van der Waals surface area contributed by atoms with Crippen LogP contribution >= 0.6 is 11.3 Å². The van der Waals surface area contributed by atoms with E-state index < -0.39 is 0 Å². The first-order valence-electron chi connectivity index (χ1n) is 10.2. The van der Waals surface area contributed by atoms with Gasteiger partial charge in [0.2, 0.25) is 5.91 Å². The van der Waals surface area contributed by atoms with Crippen LogP contribution in [0.25, 0.3) is 10.2 Å². The number of rotatable bonds is 8. The molecular weight excluding hydrogens is 406 g/mol. The molecule has 0 saturated heterocycles. The van der Waals surface area contributed by atoms with Crippen molar-refractivity contribution in [3.8, 4) is 5.75 Å². The number of methoxy groups -OCH3 is 1. The Hall–Kier alpha value is -3.38. The number of hydrogen-bond acceptors (Lipinski definition) is 5. The molecule has 4 aromatic rings. The summed E-state index contributed by atoms with van der Waals surface area (Å²) in [5.74, 6) is 0.756. The summed E-state index contributed by atoms with van der Waals surface area (Å²) in [5, 5.41) is 7.33. The van der Waals surface area contributed by atoms with E-state index in [0.29, 0.717) is 6.54 Å². The van der Waals surface area contributed by atoms with Gasteiger partial charge >= 0.3 is 0 Å². The number of anilines is 1. The van der Waals surface area contributed by atoms with Crippen molar-refractivity contribution in [2.24, 2.45) is 0 Å². The minimum atomic E-state index is -0.339. The fourth-order valence-corrected chi connectivity index (χ4v) is 4.29. The summed E-state index contributed by atoms with van der Waals surface area (Å²) in [4.78, 5) is 17.1. The molecule has 1 amide bonds. The van der Waals surface area contributed by atoms with Crippen LogP contribution < -0.4 is 15.4 Å². The number of amides is 1. The summed E-state index contributed by atoms with van der Waals surface area (Å²) in [6.45, 7) is 2.34. The van der Waals surface area contributed by atoms with E-state index in [1.54, 1.807) is 18.4 Å². The number of carbonyl (C=O) groups is 1. The lowest BCUT2D eigenvalue weighted by molar-refractivity contribution is -0.121. The van der Waals surface area contributed by atoms with Crippen molar-refractivity contribution in [1.82, 2.24) is 10.3 Å². The van der Waals surface area contributed by atoms with Crippen molar-refractivity contribution in [2.75, 3.05) is 12.4 Å². The molecule has 0 bridgehead atoms. The normalized spacial score (nSPS) is 11.8. The Morgan fingerprint density at radius 1 is 1.00 bits per heavy atom. The van der Waals surface area contributed by atoms with Gasteiger partial charge in [-0.15, -0.1) is 11.3 Å². The van der Waals surface area contributed by atoms with E-state index in [1.165, 1.54) is 10.3 Å². The molecule has 1 atom stereocenters. The van der Waals surface area contributed by atoms with Gasteiger partial charge in [0.1, 0.15) is 11.8 Å². The third-order valence-corrected chi connectivity index (χ3v) is 6.09. The molecular formula is C25H25N3O2S. The monoisotopic (exact) mass is 431 g/mol. The predicted octanol–water partition coefficient (Wildman–Crippen LogP) is 5.01. The number of para-hydroxylation sites is 1. The maximum Gasteiger partial charge on any atom is 0.242 e. The van der Waals surface area contributed by atoms with Gasteiger partial charge in [-0.3, -0.25) is 4.79 Å². The number of hydrogen-bond donors (Lipinski definition) is 2. The molecule has 0 aliphatic carbocycles. The lowest BCUT2D eigenvalue weighted by Gasteiger charge is -2.16. The van der Waals surface area contributed by atoms with Gasteiger partial charge in [0.05, 0.1) is 22.3 Å². The number of aromatic nitrogens is 1. The van der Waals surface area contributed by atoms with E-state index in [4.69, 9.17) is 9.72 Å². The lowest BCUT2D eigenvalue weighted by Crippen LogP contribution is -2.37. The molecule has 1 heterocycles. The van der Waals surface area contributed by atoms with Crippen LogP contribution in [0.4, 0.5) is 5.69 Å². The van der Waals surface area contributed by atoms with Crippen LogP contribution in [0, 0.1) is 0 Å². The summed E-state index contributed by atoms with van der Waals surface area (Å²) >= 11 is 1.73. The van der Waals surface area contributed by atoms with Gasteiger partial charge in [-0.05, 0) is 54.4 Å². The van der Waals surface area contributed by atoms with Gasteiger partial charge in [-0.1, -0.05) is 36.4 Å². The average Bonchev–Trinajstić information content (AvgIpc) is 3.21. The molecule has 1 unspecified atom stereocenters. The van der Waals surface area contributed by atoms with Crippen molar-refractivity contribution in [3.05, 3.63) is 88.9 Å². The van der Waals surface area contributed by atoms with Crippen LogP contribution in [0.15, 0.2) is 72.8 Å².